The molecule has 0 amide bonds. The first kappa shape index (κ1) is 35.1. The Balaban J connectivity index is 3.22. The molecule has 9 heteroatoms. The normalized spacial score (nSPS) is 14.9. The molecule has 0 aliphatic rings. The van der Waals surface area contributed by atoms with Gasteiger partial charge in [-0.3, -0.25) is 19.2 Å². The molecule has 2 N–H and O–H groups in total. The van der Waals surface area contributed by atoms with Gasteiger partial charge in [0.15, 0.2) is 11.5 Å². The Morgan fingerprint density at radius 1 is 0.850 bits per heavy atom. The molecule has 0 bridgehead atoms. The molecular formula is C31H49NO8. The molecule has 9 nitrogen and oxygen atoms in total. The lowest BCUT2D eigenvalue weighted by molar-refractivity contribution is -0.155. The van der Waals surface area contributed by atoms with Crippen LogP contribution in [0.3, 0.4) is 0 Å². The fourth-order valence-electron chi connectivity index (χ4n) is 4.05. The van der Waals surface area contributed by atoms with E-state index in [1.54, 1.807) is 19.1 Å². The summed E-state index contributed by atoms with van der Waals surface area (Å²) in [6, 6.07) is 4.73. The van der Waals surface area contributed by atoms with E-state index in [1.807, 2.05) is 41.5 Å². The molecular weight excluding hydrogens is 514 g/mol. The number of nitrogens with two attached hydrogens (primary N) is 1. The quantitative estimate of drug-likeness (QED) is 0.192. The van der Waals surface area contributed by atoms with Crippen LogP contribution in [0.2, 0.25) is 0 Å². The maximum atomic E-state index is 12.8. The number of carbonyl (C=O) groups is 4. The van der Waals surface area contributed by atoms with Crippen LogP contribution in [0.25, 0.3) is 0 Å². The molecule has 0 saturated heterocycles. The topological polar surface area (TPSA) is 131 Å². The molecule has 40 heavy (non-hydrogen) atoms. The molecule has 1 aromatic carbocycles. The van der Waals surface area contributed by atoms with E-state index >= 15 is 0 Å². The van der Waals surface area contributed by atoms with Crippen LogP contribution < -0.4 is 15.2 Å². The maximum Gasteiger partial charge on any atom is 0.326 e. The summed E-state index contributed by atoms with van der Waals surface area (Å²) < 4.78 is 21.7. The fourth-order valence-corrected chi connectivity index (χ4v) is 4.05. The summed E-state index contributed by atoms with van der Waals surface area (Å²) in [4.78, 5) is 50.1. The number of hydrogen-bond acceptors (Lipinski definition) is 9. The van der Waals surface area contributed by atoms with E-state index in [0.717, 1.165) is 12.8 Å². The number of benzene rings is 1. The van der Waals surface area contributed by atoms with Crippen molar-refractivity contribution in [2.75, 3.05) is 7.11 Å². The molecule has 0 aliphatic carbocycles. The van der Waals surface area contributed by atoms with Crippen LogP contribution in [-0.4, -0.2) is 42.6 Å². The summed E-state index contributed by atoms with van der Waals surface area (Å²) >= 11 is 0. The molecule has 0 aliphatic heterocycles. The SMILES string of the molecule is CCC(C)CC(=O)Oc1ccc(C[C@](N)(CC(C)OC(=O)CCC(C)C)C(=O)OC)cc1OC(=O)CC(C)CC. The van der Waals surface area contributed by atoms with Gasteiger partial charge in [-0.1, -0.05) is 60.5 Å². The van der Waals surface area contributed by atoms with Crippen LogP contribution in [0.15, 0.2) is 18.2 Å². The molecule has 1 rings (SSSR count). The van der Waals surface area contributed by atoms with Crippen molar-refractivity contribution in [3.8, 4) is 11.5 Å². The summed E-state index contributed by atoms with van der Waals surface area (Å²) in [6.07, 6.45) is 2.40. The van der Waals surface area contributed by atoms with Gasteiger partial charge in [-0.2, -0.15) is 0 Å². The van der Waals surface area contributed by atoms with Crippen molar-refractivity contribution < 1.29 is 38.1 Å². The third kappa shape index (κ3) is 12.5. The van der Waals surface area contributed by atoms with Crippen molar-refractivity contribution in [1.29, 1.82) is 0 Å². The average Bonchev–Trinajstić information content (AvgIpc) is 2.87. The first-order chi connectivity index (χ1) is 18.7. The van der Waals surface area contributed by atoms with Crippen LogP contribution in [-0.2, 0) is 35.1 Å². The second-order valence-corrected chi connectivity index (χ2v) is 11.4. The number of carbonyl (C=O) groups excluding carboxylic acids is 4. The zero-order chi connectivity index (χ0) is 30.5. The highest BCUT2D eigenvalue weighted by molar-refractivity contribution is 5.81. The summed E-state index contributed by atoms with van der Waals surface area (Å²) in [7, 11) is 1.24. The Kier molecular flexibility index (Phi) is 14.9. The summed E-state index contributed by atoms with van der Waals surface area (Å²) in [5.74, 6) is -1.11. The lowest BCUT2D eigenvalue weighted by Crippen LogP contribution is -2.53. The minimum atomic E-state index is -1.53. The Morgan fingerprint density at radius 3 is 1.90 bits per heavy atom. The third-order valence-electron chi connectivity index (χ3n) is 6.90. The first-order valence-corrected chi connectivity index (χ1v) is 14.3. The predicted octanol–water partition coefficient (Wildman–Crippen LogP) is 5.54. The Bertz CT molecular complexity index is 992. The molecule has 0 saturated carbocycles. The van der Waals surface area contributed by atoms with E-state index in [4.69, 9.17) is 24.7 Å². The minimum Gasteiger partial charge on any atom is -0.468 e. The van der Waals surface area contributed by atoms with Gasteiger partial charge >= 0.3 is 23.9 Å². The second kappa shape index (κ2) is 17.0. The van der Waals surface area contributed by atoms with Crippen molar-refractivity contribution in [2.45, 2.75) is 111 Å². The summed E-state index contributed by atoms with van der Waals surface area (Å²) in [5.41, 5.74) is 5.57. The molecule has 3 unspecified atom stereocenters. The Hall–Kier alpha value is -2.94. The zero-order valence-corrected chi connectivity index (χ0v) is 25.5. The van der Waals surface area contributed by atoms with Crippen molar-refractivity contribution in [1.82, 2.24) is 0 Å². The van der Waals surface area contributed by atoms with Gasteiger partial charge in [0.1, 0.15) is 11.6 Å². The van der Waals surface area contributed by atoms with Gasteiger partial charge in [0.25, 0.3) is 0 Å². The van der Waals surface area contributed by atoms with Gasteiger partial charge < -0.3 is 24.7 Å². The molecule has 0 radical (unpaired) electrons. The summed E-state index contributed by atoms with van der Waals surface area (Å²) in [5, 5.41) is 0. The van der Waals surface area contributed by atoms with Crippen molar-refractivity contribution in [2.24, 2.45) is 23.5 Å². The van der Waals surface area contributed by atoms with Gasteiger partial charge in [0.05, 0.1) is 7.11 Å². The predicted molar refractivity (Wildman–Crippen MR) is 153 cm³/mol. The Morgan fingerprint density at radius 2 is 1.40 bits per heavy atom. The standard InChI is InChI=1S/C31H49NO8/c1-9-21(5)15-28(34)39-25-13-12-24(17-26(25)40-29(35)16-22(6)10-2)19-31(32,30(36)37-8)18-23(7)38-27(33)14-11-20(3)4/h12-13,17,20-23H,9-11,14-16,18-19,32H2,1-8H3/t21?,22?,23?,31-/m1/s1. The molecule has 1 aromatic rings. The average molecular weight is 564 g/mol. The number of ether oxygens (including phenoxy) is 4. The van der Waals surface area contributed by atoms with Crippen LogP contribution in [0.1, 0.15) is 99.0 Å². The van der Waals surface area contributed by atoms with Gasteiger partial charge in [-0.05, 0) is 48.8 Å². The van der Waals surface area contributed by atoms with E-state index < -0.39 is 29.6 Å². The third-order valence-corrected chi connectivity index (χ3v) is 6.90. The highest BCUT2D eigenvalue weighted by atomic mass is 16.6. The van der Waals surface area contributed by atoms with Crippen molar-refractivity contribution in [3.63, 3.8) is 0 Å². The highest BCUT2D eigenvalue weighted by Gasteiger charge is 2.38. The second-order valence-electron chi connectivity index (χ2n) is 11.4. The van der Waals surface area contributed by atoms with E-state index in [-0.39, 0.29) is 61.4 Å². The molecule has 0 spiro atoms. The number of methoxy groups -OCH3 is 1. The van der Waals surface area contributed by atoms with Gasteiger partial charge in [-0.15, -0.1) is 0 Å². The number of esters is 4. The lowest BCUT2D eigenvalue weighted by Gasteiger charge is -2.29. The van der Waals surface area contributed by atoms with Gasteiger partial charge in [-0.25, -0.2) is 0 Å². The zero-order valence-electron chi connectivity index (χ0n) is 25.5. The molecule has 0 heterocycles. The molecule has 4 atom stereocenters. The van der Waals surface area contributed by atoms with Crippen LogP contribution in [0, 0.1) is 17.8 Å². The van der Waals surface area contributed by atoms with E-state index in [1.165, 1.54) is 13.2 Å². The lowest BCUT2D eigenvalue weighted by atomic mass is 9.86. The van der Waals surface area contributed by atoms with Gasteiger partial charge in [0.2, 0.25) is 0 Å². The maximum absolute atomic E-state index is 12.8. The Labute approximate surface area is 239 Å². The van der Waals surface area contributed by atoms with E-state index in [0.29, 0.717) is 17.9 Å². The minimum absolute atomic E-state index is 0.00453. The number of rotatable bonds is 17. The van der Waals surface area contributed by atoms with Crippen LogP contribution in [0.4, 0.5) is 0 Å². The molecule has 0 aromatic heterocycles. The molecule has 0 fully saturated rings. The fraction of sp³-hybridized carbons (Fsp3) is 0.677. The van der Waals surface area contributed by atoms with Crippen LogP contribution in [0.5, 0.6) is 11.5 Å². The summed E-state index contributed by atoms with van der Waals surface area (Å²) in [6.45, 7) is 13.6. The monoisotopic (exact) mass is 563 g/mol. The molecule has 226 valence electrons. The van der Waals surface area contributed by atoms with Crippen LogP contribution >= 0.6 is 0 Å². The van der Waals surface area contributed by atoms with Gasteiger partial charge in [0, 0.05) is 32.1 Å². The number of hydrogen-bond donors (Lipinski definition) is 1. The van der Waals surface area contributed by atoms with E-state index in [9.17, 15) is 19.2 Å². The highest BCUT2D eigenvalue weighted by Crippen LogP contribution is 2.32. The van der Waals surface area contributed by atoms with Crippen molar-refractivity contribution in [3.05, 3.63) is 23.8 Å². The van der Waals surface area contributed by atoms with E-state index in [2.05, 4.69) is 0 Å². The van der Waals surface area contributed by atoms with Crippen molar-refractivity contribution >= 4 is 23.9 Å². The first-order valence-electron chi connectivity index (χ1n) is 14.3. The smallest absolute Gasteiger partial charge is 0.326 e. The largest absolute Gasteiger partial charge is 0.468 e.